The Balaban J connectivity index is 1.33. The summed E-state index contributed by atoms with van der Waals surface area (Å²) in [5.41, 5.74) is 0.332. The van der Waals surface area contributed by atoms with E-state index in [0.717, 1.165) is 6.42 Å². The summed E-state index contributed by atoms with van der Waals surface area (Å²) < 4.78 is 15.2. The molecule has 0 radical (unpaired) electrons. The highest BCUT2D eigenvalue weighted by molar-refractivity contribution is 7.09. The van der Waals surface area contributed by atoms with Gasteiger partial charge in [-0.3, -0.25) is 14.4 Å². The fourth-order valence-corrected chi connectivity index (χ4v) is 3.03. The zero-order valence-electron chi connectivity index (χ0n) is 14.4. The Morgan fingerprint density at radius 1 is 1.11 bits per heavy atom. The van der Waals surface area contributed by atoms with Gasteiger partial charge < -0.3 is 24.8 Å². The summed E-state index contributed by atoms with van der Waals surface area (Å²) in [6.07, 6.45) is 0.725. The van der Waals surface area contributed by atoms with Crippen LogP contribution >= 0.6 is 11.3 Å². The Bertz CT molecular complexity index is 821. The van der Waals surface area contributed by atoms with E-state index in [9.17, 15) is 14.4 Å². The third-order valence-corrected chi connectivity index (χ3v) is 4.60. The molecular weight excluding hydrogens is 372 g/mol. The molecule has 9 heteroatoms. The highest BCUT2D eigenvalue weighted by Crippen LogP contribution is 2.32. The number of hydrogen-bond donors (Lipinski definition) is 2. The molecule has 0 saturated carbocycles. The summed E-state index contributed by atoms with van der Waals surface area (Å²) in [5, 5.41) is 7.07. The number of nitrogens with one attached hydrogen (secondary N) is 2. The summed E-state index contributed by atoms with van der Waals surface area (Å²) >= 11 is 1.62. The number of amides is 2. The van der Waals surface area contributed by atoms with Crippen molar-refractivity contribution in [1.82, 2.24) is 10.6 Å². The summed E-state index contributed by atoms with van der Waals surface area (Å²) in [6, 6.07) is 8.65. The van der Waals surface area contributed by atoms with Crippen LogP contribution in [0.1, 0.15) is 15.2 Å². The van der Waals surface area contributed by atoms with Crippen molar-refractivity contribution in [3.8, 4) is 11.5 Å². The van der Waals surface area contributed by atoms with Crippen molar-refractivity contribution in [1.29, 1.82) is 0 Å². The number of rotatable bonds is 8. The lowest BCUT2D eigenvalue weighted by atomic mass is 10.2. The predicted octanol–water partition coefficient (Wildman–Crippen LogP) is 1.11. The molecule has 2 N–H and O–H groups in total. The summed E-state index contributed by atoms with van der Waals surface area (Å²) in [7, 11) is 0. The fourth-order valence-electron chi connectivity index (χ4n) is 2.32. The Labute approximate surface area is 159 Å². The second-order valence-corrected chi connectivity index (χ2v) is 6.62. The van der Waals surface area contributed by atoms with Crippen molar-refractivity contribution >= 4 is 29.1 Å². The van der Waals surface area contributed by atoms with Crippen LogP contribution in [0.3, 0.4) is 0 Å². The van der Waals surface area contributed by atoms with Gasteiger partial charge in [0.25, 0.3) is 11.8 Å². The number of fused-ring (bicyclic) bond motifs is 1. The molecule has 8 nitrogen and oxygen atoms in total. The number of thiophene rings is 1. The zero-order valence-corrected chi connectivity index (χ0v) is 15.2. The van der Waals surface area contributed by atoms with Crippen molar-refractivity contribution in [3.05, 3.63) is 46.2 Å². The first kappa shape index (κ1) is 18.7. The van der Waals surface area contributed by atoms with Crippen LogP contribution in [-0.4, -0.2) is 44.3 Å². The van der Waals surface area contributed by atoms with E-state index in [1.165, 1.54) is 10.9 Å². The molecule has 2 amide bonds. The van der Waals surface area contributed by atoms with Gasteiger partial charge in [0, 0.05) is 17.0 Å². The van der Waals surface area contributed by atoms with Gasteiger partial charge in [-0.1, -0.05) is 6.07 Å². The van der Waals surface area contributed by atoms with E-state index in [0.29, 0.717) is 23.6 Å². The van der Waals surface area contributed by atoms with Crippen molar-refractivity contribution < 1.29 is 28.6 Å². The van der Waals surface area contributed by atoms with Gasteiger partial charge in [0.15, 0.2) is 18.1 Å². The van der Waals surface area contributed by atoms with Crippen molar-refractivity contribution in [3.63, 3.8) is 0 Å². The lowest BCUT2D eigenvalue weighted by Crippen LogP contribution is -2.34. The molecule has 0 fully saturated rings. The minimum atomic E-state index is -0.697. The minimum absolute atomic E-state index is 0.113. The molecule has 1 aliphatic rings. The topological polar surface area (TPSA) is 103 Å². The molecule has 1 aromatic carbocycles. The Morgan fingerprint density at radius 3 is 2.78 bits per heavy atom. The van der Waals surface area contributed by atoms with Gasteiger partial charge in [0.1, 0.15) is 6.54 Å². The lowest BCUT2D eigenvalue weighted by Gasteiger charge is -2.08. The molecule has 0 bridgehead atoms. The molecule has 1 aromatic heterocycles. The minimum Gasteiger partial charge on any atom is -0.454 e. The van der Waals surface area contributed by atoms with Gasteiger partial charge in [-0.25, -0.2) is 0 Å². The number of benzene rings is 1. The van der Waals surface area contributed by atoms with Crippen LogP contribution < -0.4 is 20.1 Å². The monoisotopic (exact) mass is 390 g/mol. The Hall–Kier alpha value is -3.07. The van der Waals surface area contributed by atoms with E-state index >= 15 is 0 Å². The third-order valence-electron chi connectivity index (χ3n) is 3.67. The van der Waals surface area contributed by atoms with Gasteiger partial charge in [-0.15, -0.1) is 11.3 Å². The molecule has 0 unspecified atom stereocenters. The third kappa shape index (κ3) is 5.45. The number of carbonyl (C=O) groups is 3. The molecule has 0 spiro atoms. The number of carbonyl (C=O) groups excluding carboxylic acids is 3. The maximum atomic E-state index is 12.0. The number of ether oxygens (including phenoxy) is 3. The predicted molar refractivity (Wildman–Crippen MR) is 96.9 cm³/mol. The Morgan fingerprint density at radius 2 is 1.96 bits per heavy atom. The smallest absolute Gasteiger partial charge is 0.325 e. The van der Waals surface area contributed by atoms with Crippen LogP contribution in [0.2, 0.25) is 0 Å². The molecule has 2 aromatic rings. The first-order valence-corrected chi connectivity index (χ1v) is 9.12. The largest absolute Gasteiger partial charge is 0.454 e. The van der Waals surface area contributed by atoms with E-state index in [1.807, 2.05) is 17.5 Å². The van der Waals surface area contributed by atoms with Crippen LogP contribution in [0.4, 0.5) is 0 Å². The van der Waals surface area contributed by atoms with Gasteiger partial charge in [-0.05, 0) is 36.1 Å². The maximum absolute atomic E-state index is 12.0. The first-order chi connectivity index (χ1) is 13.1. The average Bonchev–Trinajstić information content (AvgIpc) is 3.35. The molecule has 1 aliphatic heterocycles. The van der Waals surface area contributed by atoms with Crippen molar-refractivity contribution in [2.24, 2.45) is 0 Å². The molecule has 0 atom stereocenters. The Kier molecular flexibility index (Phi) is 6.26. The highest BCUT2D eigenvalue weighted by Gasteiger charge is 2.17. The van der Waals surface area contributed by atoms with Gasteiger partial charge in [0.2, 0.25) is 6.79 Å². The first-order valence-electron chi connectivity index (χ1n) is 8.24. The maximum Gasteiger partial charge on any atom is 0.325 e. The van der Waals surface area contributed by atoms with Crippen LogP contribution in [0.15, 0.2) is 35.7 Å². The van der Waals surface area contributed by atoms with E-state index in [4.69, 9.17) is 14.2 Å². The number of esters is 1. The zero-order chi connectivity index (χ0) is 19.1. The molecule has 142 valence electrons. The molecule has 2 heterocycles. The molecule has 3 rings (SSSR count). The second kappa shape index (κ2) is 9.04. The summed E-state index contributed by atoms with van der Waals surface area (Å²) in [5.74, 6) is -0.495. The fraction of sp³-hybridized carbons (Fsp3) is 0.278. The molecule has 27 heavy (non-hydrogen) atoms. The van der Waals surface area contributed by atoms with Crippen LogP contribution in [0.25, 0.3) is 0 Å². The molecule has 0 saturated heterocycles. The summed E-state index contributed by atoms with van der Waals surface area (Å²) in [4.78, 5) is 36.5. The van der Waals surface area contributed by atoms with Gasteiger partial charge in [0.05, 0.1) is 0 Å². The highest BCUT2D eigenvalue weighted by atomic mass is 32.1. The van der Waals surface area contributed by atoms with Crippen molar-refractivity contribution in [2.45, 2.75) is 6.42 Å². The molecule has 0 aliphatic carbocycles. The van der Waals surface area contributed by atoms with E-state index in [-0.39, 0.29) is 25.9 Å². The lowest BCUT2D eigenvalue weighted by molar-refractivity contribution is -0.147. The van der Waals surface area contributed by atoms with Crippen molar-refractivity contribution in [2.75, 3.05) is 26.5 Å². The van der Waals surface area contributed by atoms with Crippen LogP contribution in [0.5, 0.6) is 11.5 Å². The van der Waals surface area contributed by atoms with E-state index in [1.54, 1.807) is 23.5 Å². The van der Waals surface area contributed by atoms with Gasteiger partial charge in [-0.2, -0.15) is 0 Å². The van der Waals surface area contributed by atoms with E-state index < -0.39 is 11.9 Å². The number of hydrogen-bond acceptors (Lipinski definition) is 7. The van der Waals surface area contributed by atoms with Gasteiger partial charge >= 0.3 is 5.97 Å². The quantitative estimate of drug-likeness (QED) is 0.655. The SMILES string of the molecule is O=C(COC(=O)CNC(=O)c1ccc2c(c1)OCO2)NCCc1cccs1. The van der Waals surface area contributed by atoms with E-state index in [2.05, 4.69) is 10.6 Å². The van der Waals surface area contributed by atoms with Crippen LogP contribution in [-0.2, 0) is 20.7 Å². The average molecular weight is 390 g/mol. The standard InChI is InChI=1S/C18H18N2O6S/c21-16(19-6-5-13-2-1-7-27-13)10-24-17(22)9-20-18(23)12-3-4-14-15(8-12)26-11-25-14/h1-4,7-8H,5-6,9-11H2,(H,19,21)(H,20,23). The summed E-state index contributed by atoms with van der Waals surface area (Å²) in [6.45, 7) is -0.140. The van der Waals surface area contributed by atoms with Crippen LogP contribution in [0, 0.1) is 0 Å². The normalized spacial score (nSPS) is 11.7. The second-order valence-electron chi connectivity index (χ2n) is 5.59. The molecular formula is C18H18N2O6S.